The summed E-state index contributed by atoms with van der Waals surface area (Å²) >= 11 is 2.63. The first-order valence-electron chi connectivity index (χ1n) is 5.55. The van der Waals surface area contributed by atoms with E-state index in [1.165, 1.54) is 23.5 Å². The van der Waals surface area contributed by atoms with Crippen LogP contribution in [0.3, 0.4) is 0 Å². The third-order valence-electron chi connectivity index (χ3n) is 1.64. The van der Waals surface area contributed by atoms with E-state index in [4.69, 9.17) is 9.47 Å². The fraction of sp³-hybridized carbons (Fsp3) is 0.818. The van der Waals surface area contributed by atoms with Crippen LogP contribution in [0.5, 0.6) is 0 Å². The molecule has 0 unspecified atom stereocenters. The number of hydrogen-bond acceptors (Lipinski definition) is 6. The maximum atomic E-state index is 10.6. The zero-order valence-corrected chi connectivity index (χ0v) is 12.0. The summed E-state index contributed by atoms with van der Waals surface area (Å²) in [6, 6.07) is 0. The number of ether oxygens (including phenoxy) is 2. The molecule has 0 spiro atoms. The highest BCUT2D eigenvalue weighted by atomic mass is 32.2. The molecule has 0 bridgehead atoms. The van der Waals surface area contributed by atoms with Crippen molar-refractivity contribution < 1.29 is 19.1 Å². The van der Waals surface area contributed by atoms with E-state index in [1.54, 1.807) is 13.8 Å². The highest BCUT2D eigenvalue weighted by Crippen LogP contribution is 2.04. The molecule has 17 heavy (non-hydrogen) atoms. The Morgan fingerprint density at radius 3 is 1.65 bits per heavy atom. The van der Waals surface area contributed by atoms with Crippen LogP contribution >= 0.6 is 23.5 Å². The molecule has 0 fully saturated rings. The van der Waals surface area contributed by atoms with Crippen molar-refractivity contribution in [2.24, 2.45) is 0 Å². The number of carbonyl (C=O) groups is 2. The molecular formula is C11H20O4S2. The molecule has 0 amide bonds. The van der Waals surface area contributed by atoms with Gasteiger partial charge in [-0.3, -0.25) is 9.59 Å². The Morgan fingerprint density at radius 1 is 0.882 bits per heavy atom. The van der Waals surface area contributed by atoms with Crippen LogP contribution in [0.15, 0.2) is 0 Å². The molecule has 0 atom stereocenters. The van der Waals surface area contributed by atoms with E-state index in [1.807, 2.05) is 0 Å². The molecule has 0 rings (SSSR count). The van der Waals surface area contributed by atoms with Gasteiger partial charge >= 0.3 is 0 Å². The molecule has 0 aromatic heterocycles. The number of hydrogen-bond donors (Lipinski definition) is 0. The van der Waals surface area contributed by atoms with E-state index in [9.17, 15) is 9.59 Å². The first-order chi connectivity index (χ1) is 8.13. The van der Waals surface area contributed by atoms with E-state index in [0.29, 0.717) is 13.2 Å². The molecule has 100 valence electrons. The van der Waals surface area contributed by atoms with Gasteiger partial charge < -0.3 is 9.47 Å². The lowest BCUT2D eigenvalue weighted by Crippen LogP contribution is -2.04. The molecule has 0 heterocycles. The SMILES string of the molecule is CC(=O)SCCCOCOCCCSC(C)=O. The van der Waals surface area contributed by atoms with Gasteiger partial charge in [0.2, 0.25) is 0 Å². The van der Waals surface area contributed by atoms with Gasteiger partial charge in [0.25, 0.3) is 0 Å². The summed E-state index contributed by atoms with van der Waals surface area (Å²) in [6.07, 6.45) is 1.71. The Labute approximate surface area is 111 Å². The molecule has 4 nitrogen and oxygen atoms in total. The quantitative estimate of drug-likeness (QED) is 0.452. The van der Waals surface area contributed by atoms with Crippen molar-refractivity contribution >= 4 is 33.8 Å². The predicted octanol–water partition coefficient (Wildman–Crippen LogP) is 2.32. The predicted molar refractivity (Wildman–Crippen MR) is 72.3 cm³/mol. The molecule has 6 heteroatoms. The maximum absolute atomic E-state index is 10.6. The van der Waals surface area contributed by atoms with Gasteiger partial charge in [-0.2, -0.15) is 0 Å². The highest BCUT2D eigenvalue weighted by Gasteiger charge is 1.96. The molecule has 0 saturated carbocycles. The summed E-state index contributed by atoms with van der Waals surface area (Å²) in [6.45, 7) is 4.64. The fourth-order valence-corrected chi connectivity index (χ4v) is 2.03. The van der Waals surface area contributed by atoms with Crippen molar-refractivity contribution in [3.05, 3.63) is 0 Å². The van der Waals surface area contributed by atoms with Crippen LogP contribution in [-0.2, 0) is 19.1 Å². The Kier molecular flexibility index (Phi) is 12.4. The standard InChI is InChI=1S/C11H20O4S2/c1-10(12)16-7-3-5-14-9-15-6-4-8-17-11(2)13/h3-9H2,1-2H3. The van der Waals surface area contributed by atoms with Crippen LogP contribution in [-0.4, -0.2) is 41.7 Å². The second-order valence-electron chi connectivity index (χ2n) is 3.32. The molecule has 0 aliphatic rings. The fourth-order valence-electron chi connectivity index (χ4n) is 0.931. The van der Waals surface area contributed by atoms with Crippen LogP contribution in [0.1, 0.15) is 26.7 Å². The van der Waals surface area contributed by atoms with Gasteiger partial charge in [0.05, 0.1) is 13.2 Å². The Hall–Kier alpha value is -0.0400. The Bertz CT molecular complexity index is 200. The van der Waals surface area contributed by atoms with Crippen molar-refractivity contribution in [1.82, 2.24) is 0 Å². The maximum Gasteiger partial charge on any atom is 0.185 e. The number of thioether (sulfide) groups is 2. The summed E-state index contributed by atoms with van der Waals surface area (Å²) in [5.41, 5.74) is 0. The van der Waals surface area contributed by atoms with E-state index < -0.39 is 0 Å². The zero-order valence-electron chi connectivity index (χ0n) is 10.4. The molecular weight excluding hydrogens is 260 g/mol. The van der Waals surface area contributed by atoms with Crippen molar-refractivity contribution in [3.8, 4) is 0 Å². The monoisotopic (exact) mass is 280 g/mol. The normalized spacial score (nSPS) is 10.5. The van der Waals surface area contributed by atoms with Gasteiger partial charge in [0.15, 0.2) is 10.2 Å². The van der Waals surface area contributed by atoms with Crippen molar-refractivity contribution in [2.75, 3.05) is 31.5 Å². The topological polar surface area (TPSA) is 52.6 Å². The second-order valence-corrected chi connectivity index (χ2v) is 5.87. The minimum atomic E-state index is 0.143. The summed E-state index contributed by atoms with van der Waals surface area (Å²) in [5, 5.41) is 0.286. The van der Waals surface area contributed by atoms with Crippen molar-refractivity contribution in [1.29, 1.82) is 0 Å². The van der Waals surface area contributed by atoms with Gasteiger partial charge in [-0.05, 0) is 12.8 Å². The molecule has 0 radical (unpaired) electrons. The van der Waals surface area contributed by atoms with Gasteiger partial charge in [0.1, 0.15) is 6.79 Å². The summed E-state index contributed by atoms with van der Waals surface area (Å²) in [4.78, 5) is 21.2. The van der Waals surface area contributed by atoms with Crippen LogP contribution in [0, 0.1) is 0 Å². The molecule has 0 aromatic rings. The number of rotatable bonds is 10. The Morgan fingerprint density at radius 2 is 1.29 bits per heavy atom. The van der Waals surface area contributed by atoms with Gasteiger partial charge in [-0.25, -0.2) is 0 Å². The second kappa shape index (κ2) is 12.4. The summed E-state index contributed by atoms with van der Waals surface area (Å²) in [5.74, 6) is 1.59. The minimum absolute atomic E-state index is 0.143. The first-order valence-corrected chi connectivity index (χ1v) is 7.52. The van der Waals surface area contributed by atoms with Gasteiger partial charge in [-0.1, -0.05) is 23.5 Å². The van der Waals surface area contributed by atoms with E-state index in [-0.39, 0.29) is 17.0 Å². The Balaban J connectivity index is 2.98. The van der Waals surface area contributed by atoms with Crippen molar-refractivity contribution in [3.63, 3.8) is 0 Å². The lowest BCUT2D eigenvalue weighted by atomic mass is 10.5. The lowest BCUT2D eigenvalue weighted by molar-refractivity contribution is -0.109. The lowest BCUT2D eigenvalue weighted by Gasteiger charge is -2.04. The molecule has 0 aromatic carbocycles. The van der Waals surface area contributed by atoms with Crippen LogP contribution in [0.2, 0.25) is 0 Å². The van der Waals surface area contributed by atoms with E-state index in [2.05, 4.69) is 0 Å². The van der Waals surface area contributed by atoms with Crippen LogP contribution in [0.4, 0.5) is 0 Å². The smallest absolute Gasteiger partial charge is 0.185 e. The average molecular weight is 280 g/mol. The molecule has 0 N–H and O–H groups in total. The first kappa shape index (κ1) is 17.0. The van der Waals surface area contributed by atoms with E-state index in [0.717, 1.165) is 24.3 Å². The van der Waals surface area contributed by atoms with Crippen LogP contribution < -0.4 is 0 Å². The van der Waals surface area contributed by atoms with Crippen LogP contribution in [0.25, 0.3) is 0 Å². The summed E-state index contributed by atoms with van der Waals surface area (Å²) in [7, 11) is 0. The third-order valence-corrected chi connectivity index (χ3v) is 3.44. The van der Waals surface area contributed by atoms with Crippen molar-refractivity contribution in [2.45, 2.75) is 26.7 Å². The molecule has 0 aliphatic carbocycles. The minimum Gasteiger partial charge on any atom is -0.355 e. The molecule has 0 saturated heterocycles. The highest BCUT2D eigenvalue weighted by molar-refractivity contribution is 8.13. The summed E-state index contributed by atoms with van der Waals surface area (Å²) < 4.78 is 10.4. The number of carbonyl (C=O) groups excluding carboxylic acids is 2. The third kappa shape index (κ3) is 16.0. The zero-order chi connectivity index (χ0) is 12.9. The van der Waals surface area contributed by atoms with Gasteiger partial charge in [0, 0.05) is 25.4 Å². The largest absolute Gasteiger partial charge is 0.355 e. The molecule has 0 aliphatic heterocycles. The average Bonchev–Trinajstić information content (AvgIpc) is 2.25. The van der Waals surface area contributed by atoms with E-state index >= 15 is 0 Å². The van der Waals surface area contributed by atoms with Gasteiger partial charge in [-0.15, -0.1) is 0 Å².